The zero-order chi connectivity index (χ0) is 25.4. The van der Waals surface area contributed by atoms with Crippen molar-refractivity contribution >= 4 is 17.1 Å². The fourth-order valence-electron chi connectivity index (χ4n) is 3.01. The molecule has 2 heterocycles. The lowest BCUT2D eigenvalue weighted by Gasteiger charge is -2.06. The highest BCUT2D eigenvalue weighted by molar-refractivity contribution is 5.64. The monoisotopic (exact) mass is 479 g/mol. The number of hydrogen-bond donors (Lipinski definition) is 1. The Morgan fingerprint density at radius 1 is 0.857 bits per heavy atom. The van der Waals surface area contributed by atoms with Crippen LogP contribution in [-0.4, -0.2) is 39.9 Å². The van der Waals surface area contributed by atoms with E-state index in [2.05, 4.69) is 27.4 Å². The van der Waals surface area contributed by atoms with Gasteiger partial charge in [0.2, 0.25) is 0 Å². The molecule has 0 radical (unpaired) electrons. The molecule has 0 spiro atoms. The summed E-state index contributed by atoms with van der Waals surface area (Å²) in [5.74, 6) is -1.21. The first-order chi connectivity index (χ1) is 16.8. The molecule has 14 heteroatoms. The number of nitro groups is 3. The van der Waals surface area contributed by atoms with Gasteiger partial charge in [-0.05, 0) is 24.1 Å². The number of benzene rings is 2. The molecule has 0 aliphatic rings. The molecule has 0 aliphatic carbocycles. The molecule has 0 amide bonds. The molecule has 2 aromatic heterocycles. The van der Waals surface area contributed by atoms with Gasteiger partial charge in [-0.15, -0.1) is 5.10 Å². The van der Waals surface area contributed by atoms with E-state index >= 15 is 0 Å². The molecule has 14 nitrogen and oxygen atoms in total. The first-order valence-corrected chi connectivity index (χ1v) is 9.91. The molecule has 0 bridgehead atoms. The van der Waals surface area contributed by atoms with Crippen LogP contribution in [0.4, 0.5) is 17.1 Å². The molecule has 0 aliphatic heterocycles. The van der Waals surface area contributed by atoms with Crippen molar-refractivity contribution < 1.29 is 19.9 Å². The Hall–Kier alpha value is -5.27. The third-order valence-electron chi connectivity index (χ3n) is 4.71. The van der Waals surface area contributed by atoms with Crippen LogP contribution in [0.2, 0.25) is 0 Å². The van der Waals surface area contributed by atoms with Crippen molar-refractivity contribution in [1.82, 2.24) is 20.0 Å². The van der Waals surface area contributed by atoms with Crippen molar-refractivity contribution in [2.24, 2.45) is 0 Å². The van der Waals surface area contributed by atoms with Crippen LogP contribution in [0.1, 0.15) is 5.56 Å². The third kappa shape index (κ3) is 6.16. The number of rotatable bonds is 7. The van der Waals surface area contributed by atoms with Crippen molar-refractivity contribution in [2.45, 2.75) is 13.0 Å². The van der Waals surface area contributed by atoms with Crippen LogP contribution in [0, 0.1) is 30.3 Å². The summed E-state index contributed by atoms with van der Waals surface area (Å²) in [6.07, 6.45) is 6.36. The minimum Gasteiger partial charge on any atom is -0.497 e. The summed E-state index contributed by atoms with van der Waals surface area (Å²) in [7, 11) is 0. The molecule has 2 aromatic carbocycles. The second kappa shape index (κ2) is 11.0. The Morgan fingerprint density at radius 3 is 2.00 bits per heavy atom. The number of aromatic nitrogens is 4. The number of non-ortho nitro benzene ring substituents is 1. The van der Waals surface area contributed by atoms with E-state index < -0.39 is 37.6 Å². The van der Waals surface area contributed by atoms with Gasteiger partial charge in [-0.25, -0.2) is 4.68 Å². The molecule has 0 saturated heterocycles. The summed E-state index contributed by atoms with van der Waals surface area (Å²) in [6.45, 7) is 0.814. The fraction of sp³-hybridized carbons (Fsp3) is 0.0952. The lowest BCUT2D eigenvalue weighted by molar-refractivity contribution is -0.404. The Morgan fingerprint density at radius 2 is 1.46 bits per heavy atom. The molecular formula is C21H17N7O7. The van der Waals surface area contributed by atoms with Crippen LogP contribution in [-0.2, 0) is 13.0 Å². The highest BCUT2D eigenvalue weighted by Crippen LogP contribution is 2.38. The molecule has 0 atom stereocenters. The minimum absolute atomic E-state index is 0.447. The van der Waals surface area contributed by atoms with Crippen LogP contribution in [0.5, 0.6) is 5.75 Å². The van der Waals surface area contributed by atoms with Crippen molar-refractivity contribution in [3.05, 3.63) is 109 Å². The van der Waals surface area contributed by atoms with E-state index in [-0.39, 0.29) is 0 Å². The van der Waals surface area contributed by atoms with Crippen molar-refractivity contribution in [3.8, 4) is 17.0 Å². The van der Waals surface area contributed by atoms with Gasteiger partial charge in [-0.2, -0.15) is 0 Å². The molecule has 178 valence electrons. The smallest absolute Gasteiger partial charge is 0.324 e. The van der Waals surface area contributed by atoms with Gasteiger partial charge in [0.15, 0.2) is 0 Å². The van der Waals surface area contributed by atoms with E-state index in [4.69, 9.17) is 5.11 Å². The van der Waals surface area contributed by atoms with Crippen molar-refractivity contribution in [1.29, 1.82) is 0 Å². The van der Waals surface area contributed by atoms with E-state index in [1.807, 2.05) is 53.6 Å². The second-order valence-corrected chi connectivity index (χ2v) is 6.92. The molecule has 4 aromatic rings. The number of nitro benzene ring substituents is 3. The Bertz CT molecular complexity index is 1310. The maximum atomic E-state index is 10.4. The normalized spacial score (nSPS) is 10.2. The predicted molar refractivity (Wildman–Crippen MR) is 121 cm³/mol. The van der Waals surface area contributed by atoms with Crippen molar-refractivity contribution in [2.75, 3.05) is 0 Å². The number of pyridine rings is 1. The molecule has 4 rings (SSSR count). The van der Waals surface area contributed by atoms with Gasteiger partial charge in [0.25, 0.3) is 11.4 Å². The number of hydrogen-bond acceptors (Lipinski definition) is 10. The van der Waals surface area contributed by atoms with Crippen LogP contribution < -0.4 is 0 Å². The zero-order valence-corrected chi connectivity index (χ0v) is 17.9. The lowest BCUT2D eigenvalue weighted by Crippen LogP contribution is -2.05. The summed E-state index contributed by atoms with van der Waals surface area (Å²) >= 11 is 0. The number of phenolic OH excluding ortho intramolecular Hbond substituents is 1. The first-order valence-electron chi connectivity index (χ1n) is 9.91. The summed E-state index contributed by atoms with van der Waals surface area (Å²) in [4.78, 5) is 31.8. The maximum Gasteiger partial charge on any atom is 0.324 e. The van der Waals surface area contributed by atoms with Gasteiger partial charge in [-0.3, -0.25) is 35.3 Å². The highest BCUT2D eigenvalue weighted by Gasteiger charge is 2.30. The number of aromatic hydroxyl groups is 1. The largest absolute Gasteiger partial charge is 0.497 e. The molecule has 0 fully saturated rings. The average molecular weight is 479 g/mol. The van der Waals surface area contributed by atoms with E-state index in [0.717, 1.165) is 24.2 Å². The molecule has 1 N–H and O–H groups in total. The maximum absolute atomic E-state index is 10.4. The van der Waals surface area contributed by atoms with Gasteiger partial charge >= 0.3 is 11.4 Å². The van der Waals surface area contributed by atoms with Gasteiger partial charge in [0.05, 0.1) is 38.8 Å². The lowest BCUT2D eigenvalue weighted by atomic mass is 10.1. The van der Waals surface area contributed by atoms with Gasteiger partial charge in [-0.1, -0.05) is 35.5 Å². The Labute approximate surface area is 196 Å². The summed E-state index contributed by atoms with van der Waals surface area (Å²) < 4.78 is 1.94. The summed E-state index contributed by atoms with van der Waals surface area (Å²) in [5.41, 5.74) is 0.444. The molecule has 35 heavy (non-hydrogen) atoms. The topological polar surface area (TPSA) is 193 Å². The SMILES string of the molecule is O=[N+]([O-])c1cc([N+](=O)[O-])c(O)c([N+](=O)[O-])c1.c1ccc(-c2cnnn2CCc2ccncc2)cc1. The van der Waals surface area contributed by atoms with Crippen LogP contribution in [0.15, 0.2) is 73.2 Å². The van der Waals surface area contributed by atoms with Gasteiger partial charge < -0.3 is 5.11 Å². The minimum atomic E-state index is -1.21. The van der Waals surface area contributed by atoms with E-state index in [1.54, 1.807) is 0 Å². The second-order valence-electron chi connectivity index (χ2n) is 6.92. The van der Waals surface area contributed by atoms with Crippen LogP contribution >= 0.6 is 0 Å². The predicted octanol–water partition coefficient (Wildman–Crippen LogP) is 3.70. The van der Waals surface area contributed by atoms with Crippen LogP contribution in [0.25, 0.3) is 11.3 Å². The quantitative estimate of drug-likeness (QED) is 0.301. The Balaban J connectivity index is 0.000000199. The van der Waals surface area contributed by atoms with Gasteiger partial charge in [0.1, 0.15) is 0 Å². The third-order valence-corrected chi connectivity index (χ3v) is 4.71. The number of nitrogens with zero attached hydrogens (tertiary/aromatic N) is 7. The summed E-state index contributed by atoms with van der Waals surface area (Å²) in [5, 5.41) is 48.4. The number of phenols is 1. The fourth-order valence-corrected chi connectivity index (χ4v) is 3.01. The summed E-state index contributed by atoms with van der Waals surface area (Å²) in [6, 6.07) is 15.1. The molecular weight excluding hydrogens is 462 g/mol. The molecule has 0 saturated carbocycles. The van der Waals surface area contributed by atoms with E-state index in [1.165, 1.54) is 5.56 Å². The van der Waals surface area contributed by atoms with Crippen LogP contribution in [0.3, 0.4) is 0 Å². The van der Waals surface area contributed by atoms with Gasteiger partial charge in [0, 0.05) is 24.5 Å². The molecule has 0 unspecified atom stereocenters. The number of aryl methyl sites for hydroxylation is 2. The average Bonchev–Trinajstić information content (AvgIpc) is 3.32. The highest BCUT2D eigenvalue weighted by atomic mass is 16.6. The van der Waals surface area contributed by atoms with Crippen molar-refractivity contribution in [3.63, 3.8) is 0 Å². The first kappa shape index (κ1) is 24.4. The van der Waals surface area contributed by atoms with E-state index in [0.29, 0.717) is 12.1 Å². The zero-order valence-electron chi connectivity index (χ0n) is 17.9. The standard InChI is InChI=1S/C15H14N4.C6H3N3O7/c1-2-4-14(5-3-1)15-12-17-18-19(15)11-8-13-6-9-16-10-7-13;10-6-4(8(13)14)1-3(7(11)12)2-5(6)9(15)16/h1-7,9-10,12H,8,11H2;1-2,10H. The Kier molecular flexibility index (Phi) is 7.69. The van der Waals surface area contributed by atoms with E-state index in [9.17, 15) is 30.3 Å².